The van der Waals surface area contributed by atoms with Crippen molar-refractivity contribution in [2.75, 3.05) is 26.2 Å². The van der Waals surface area contributed by atoms with Crippen LogP contribution in [0.4, 0.5) is 0 Å². The van der Waals surface area contributed by atoms with Crippen LogP contribution in [-0.4, -0.2) is 75.9 Å². The Bertz CT molecular complexity index is 406. The number of rotatable bonds is 2. The van der Waals surface area contributed by atoms with Gasteiger partial charge in [-0.15, -0.1) is 0 Å². The molecule has 7 heteroatoms. The van der Waals surface area contributed by atoms with Crippen molar-refractivity contribution in [1.82, 2.24) is 10.2 Å². The number of nitrogens with zero attached hydrogens (tertiary/aromatic N) is 1. The Hall–Kier alpha value is -0.358. The van der Waals surface area contributed by atoms with Gasteiger partial charge >= 0.3 is 0 Å². The molecular weight excluding hydrogens is 391 g/mol. The molecule has 2 saturated heterocycles. The van der Waals surface area contributed by atoms with E-state index in [9.17, 15) is 10.2 Å². The van der Waals surface area contributed by atoms with Crippen LogP contribution in [0, 0.1) is 7.43 Å². The van der Waals surface area contributed by atoms with Gasteiger partial charge in [0.15, 0.2) is 0 Å². The number of benzene rings is 1. The van der Waals surface area contributed by atoms with Gasteiger partial charge in [-0.25, -0.2) is 0 Å². The van der Waals surface area contributed by atoms with E-state index in [0.29, 0.717) is 26.2 Å². The minimum atomic E-state index is -0.585. The molecule has 0 saturated carbocycles. The third-order valence-electron chi connectivity index (χ3n) is 3.73. The maximum atomic E-state index is 9.35. The molecule has 2 aliphatic rings. The zero-order valence-corrected chi connectivity index (χ0v) is 14.8. The van der Waals surface area contributed by atoms with E-state index < -0.39 is 24.4 Å². The molecule has 0 bridgehead atoms. The van der Waals surface area contributed by atoms with Crippen LogP contribution < -0.4 is 5.32 Å². The summed E-state index contributed by atoms with van der Waals surface area (Å²) in [6.07, 6.45) is -2.25. The van der Waals surface area contributed by atoms with Crippen LogP contribution in [0.15, 0.2) is 30.3 Å². The van der Waals surface area contributed by atoms with Gasteiger partial charge in [-0.05, 0) is 5.56 Å². The van der Waals surface area contributed by atoms with Gasteiger partial charge in [0, 0.05) is 53.1 Å². The molecule has 0 aromatic heterocycles. The second-order valence-electron chi connectivity index (χ2n) is 5.61. The summed E-state index contributed by atoms with van der Waals surface area (Å²) in [6, 6.07) is 10.1. The van der Waals surface area contributed by atoms with Crippen molar-refractivity contribution in [1.29, 1.82) is 0 Å². The zero-order chi connectivity index (χ0) is 15.2. The fraction of sp³-hybridized carbons (Fsp3) is 0.562. The molecule has 0 amide bonds. The van der Waals surface area contributed by atoms with Crippen LogP contribution in [0.3, 0.4) is 0 Å². The molecule has 2 heterocycles. The molecule has 0 spiro atoms. The number of hydrogen-bond donors (Lipinski definition) is 5. The molecule has 2 aliphatic heterocycles. The van der Waals surface area contributed by atoms with Gasteiger partial charge in [-0.1, -0.05) is 30.3 Å². The SMILES string of the molecule is O[C@H]1CN(Cc2ccccc2)C[C@@H]1O.O[C@H]1CNC[C@@H]1O.[CH3-].[Pd]. The molecule has 23 heavy (non-hydrogen) atoms. The largest absolute Gasteiger partial charge is 0.389 e. The van der Waals surface area contributed by atoms with Crippen LogP contribution in [0.25, 0.3) is 0 Å². The van der Waals surface area contributed by atoms with Crippen molar-refractivity contribution >= 4 is 0 Å². The van der Waals surface area contributed by atoms with E-state index in [1.165, 1.54) is 5.56 Å². The second kappa shape index (κ2) is 11.2. The fourth-order valence-corrected chi connectivity index (χ4v) is 2.47. The molecule has 6 nitrogen and oxygen atoms in total. The molecular formula is C16H27N2O4Pd-. The summed E-state index contributed by atoms with van der Waals surface area (Å²) in [5.41, 5.74) is 1.22. The molecule has 4 atom stereocenters. The minimum Gasteiger partial charge on any atom is -0.389 e. The first-order valence-corrected chi connectivity index (χ1v) is 7.25. The van der Waals surface area contributed by atoms with E-state index in [1.807, 2.05) is 18.2 Å². The summed E-state index contributed by atoms with van der Waals surface area (Å²) in [5.74, 6) is 0. The van der Waals surface area contributed by atoms with Crippen molar-refractivity contribution in [2.45, 2.75) is 31.0 Å². The van der Waals surface area contributed by atoms with Gasteiger partial charge in [-0.2, -0.15) is 0 Å². The summed E-state index contributed by atoms with van der Waals surface area (Å²) < 4.78 is 0. The van der Waals surface area contributed by atoms with Crippen LogP contribution in [-0.2, 0) is 27.0 Å². The van der Waals surface area contributed by atoms with Gasteiger partial charge in [0.25, 0.3) is 0 Å². The van der Waals surface area contributed by atoms with Gasteiger partial charge in [0.1, 0.15) is 0 Å². The molecule has 1 aromatic rings. The summed E-state index contributed by atoms with van der Waals surface area (Å²) in [4.78, 5) is 2.06. The molecule has 5 N–H and O–H groups in total. The van der Waals surface area contributed by atoms with E-state index in [-0.39, 0.29) is 27.8 Å². The first-order chi connectivity index (χ1) is 10.1. The van der Waals surface area contributed by atoms with Crippen molar-refractivity contribution in [3.63, 3.8) is 0 Å². The van der Waals surface area contributed by atoms with Gasteiger partial charge in [0.05, 0.1) is 24.4 Å². The molecule has 3 rings (SSSR count). The van der Waals surface area contributed by atoms with Crippen molar-refractivity contribution in [3.8, 4) is 0 Å². The van der Waals surface area contributed by atoms with Crippen LogP contribution >= 0.6 is 0 Å². The van der Waals surface area contributed by atoms with Crippen LogP contribution in [0.1, 0.15) is 5.56 Å². The summed E-state index contributed by atoms with van der Waals surface area (Å²) in [7, 11) is 0. The first kappa shape index (κ1) is 22.6. The van der Waals surface area contributed by atoms with E-state index in [1.54, 1.807) is 0 Å². The Morgan fingerprint density at radius 3 is 1.74 bits per heavy atom. The third-order valence-corrected chi connectivity index (χ3v) is 3.73. The second-order valence-corrected chi connectivity index (χ2v) is 5.61. The van der Waals surface area contributed by atoms with Crippen LogP contribution in [0.2, 0.25) is 0 Å². The monoisotopic (exact) mass is 417 g/mol. The van der Waals surface area contributed by atoms with Gasteiger partial charge in [0.2, 0.25) is 0 Å². The average molecular weight is 418 g/mol. The minimum absolute atomic E-state index is 0. The number of aliphatic hydroxyl groups excluding tert-OH is 4. The summed E-state index contributed by atoms with van der Waals surface area (Å²) >= 11 is 0. The zero-order valence-electron chi connectivity index (χ0n) is 13.3. The Balaban J connectivity index is 0.000000463. The molecule has 2 fully saturated rings. The van der Waals surface area contributed by atoms with E-state index in [2.05, 4.69) is 22.3 Å². The number of β-amino-alcohol motifs (C(OH)–C–C–N with tert-alkyl or cyclic N) is 4. The Morgan fingerprint density at radius 1 is 0.870 bits per heavy atom. The molecule has 1 aromatic carbocycles. The molecule has 0 unspecified atom stereocenters. The Kier molecular flexibility index (Phi) is 11.1. The predicted molar refractivity (Wildman–Crippen MR) is 85.0 cm³/mol. The summed E-state index contributed by atoms with van der Waals surface area (Å²) in [6.45, 7) is 2.99. The number of nitrogens with one attached hydrogen (secondary N) is 1. The van der Waals surface area contributed by atoms with Crippen molar-refractivity contribution < 1.29 is 40.8 Å². The summed E-state index contributed by atoms with van der Waals surface area (Å²) in [5, 5.41) is 38.9. The Labute approximate surface area is 151 Å². The average Bonchev–Trinajstić information content (AvgIpc) is 2.98. The van der Waals surface area contributed by atoms with Crippen LogP contribution in [0.5, 0.6) is 0 Å². The van der Waals surface area contributed by atoms with Crippen molar-refractivity contribution in [2.24, 2.45) is 0 Å². The van der Waals surface area contributed by atoms with Gasteiger partial charge < -0.3 is 33.2 Å². The smallest absolute Gasteiger partial charge is 0.0938 e. The molecule has 0 aliphatic carbocycles. The normalized spacial score (nSPS) is 29.9. The number of likely N-dealkylation sites (tertiary alicyclic amines) is 1. The standard InChI is InChI=1S/C11H15NO2.C4H9NO2.CH3.Pd/c13-10-7-12(8-11(10)14)6-9-4-2-1-3-5-9;6-3-1-5-2-4(3)7;;/h1-5,10-11,13-14H,6-8H2;3-7H,1-2H2;1H3;/q;;-1;/t10-,11-;3-,4-;;/m00../s1. The predicted octanol–water partition coefficient (Wildman–Crippen LogP) is -1.02. The number of hydrogen-bond acceptors (Lipinski definition) is 6. The maximum Gasteiger partial charge on any atom is 0.0938 e. The fourth-order valence-electron chi connectivity index (χ4n) is 2.47. The Morgan fingerprint density at radius 2 is 1.35 bits per heavy atom. The topological polar surface area (TPSA) is 96.2 Å². The molecule has 0 radical (unpaired) electrons. The van der Waals surface area contributed by atoms with E-state index in [4.69, 9.17) is 10.2 Å². The van der Waals surface area contributed by atoms with E-state index in [0.717, 1.165) is 6.54 Å². The van der Waals surface area contributed by atoms with Crippen molar-refractivity contribution in [3.05, 3.63) is 43.3 Å². The third kappa shape index (κ3) is 7.38. The number of aliphatic hydroxyl groups is 4. The maximum absolute atomic E-state index is 9.35. The van der Waals surface area contributed by atoms with Gasteiger partial charge in [-0.3, -0.25) is 4.90 Å². The quantitative estimate of drug-likeness (QED) is 0.312. The molecule has 136 valence electrons. The first-order valence-electron chi connectivity index (χ1n) is 7.25. The van der Waals surface area contributed by atoms with E-state index >= 15 is 0 Å².